The fourth-order valence-corrected chi connectivity index (χ4v) is 2.50. The molecule has 0 spiro atoms. The molecule has 6 nitrogen and oxygen atoms in total. The second-order valence-electron chi connectivity index (χ2n) is 4.39. The van der Waals surface area contributed by atoms with E-state index in [1.54, 1.807) is 0 Å². The highest BCUT2D eigenvalue weighted by Crippen LogP contribution is 2.37. The summed E-state index contributed by atoms with van der Waals surface area (Å²) in [6.45, 7) is 0.447. The molecule has 1 unspecified atom stereocenters. The van der Waals surface area contributed by atoms with E-state index in [4.69, 9.17) is 11.6 Å². The fourth-order valence-electron chi connectivity index (χ4n) is 2.34. The topological polar surface area (TPSA) is 72.7 Å². The minimum atomic E-state index is -0.865. The van der Waals surface area contributed by atoms with Gasteiger partial charge in [-0.2, -0.15) is 0 Å². The van der Waals surface area contributed by atoms with Crippen molar-refractivity contribution >= 4 is 28.9 Å². The molecule has 1 aliphatic heterocycles. The molecule has 0 N–H and O–H groups in total. The summed E-state index contributed by atoms with van der Waals surface area (Å²) in [5, 5.41) is 10.8. The number of hydrogen-bond donors (Lipinski definition) is 0. The SMILES string of the molecule is COC(=O)C1CCCN1c1cc(Cl)c(F)cc1[N+](=O)[O-]. The number of halogens is 2. The van der Waals surface area contributed by atoms with Crippen LogP contribution in [0.2, 0.25) is 5.02 Å². The molecule has 8 heteroatoms. The van der Waals surface area contributed by atoms with Crippen LogP contribution < -0.4 is 4.90 Å². The van der Waals surface area contributed by atoms with E-state index in [1.807, 2.05) is 0 Å². The Hall–Kier alpha value is -1.89. The summed E-state index contributed by atoms with van der Waals surface area (Å²) in [5.74, 6) is -1.34. The number of rotatable bonds is 3. The summed E-state index contributed by atoms with van der Waals surface area (Å²) in [6, 6.07) is 1.33. The summed E-state index contributed by atoms with van der Waals surface area (Å²) in [5.41, 5.74) is -0.281. The van der Waals surface area contributed by atoms with Crippen LogP contribution in [0.3, 0.4) is 0 Å². The number of carbonyl (C=O) groups excluding carboxylic acids is 1. The van der Waals surface area contributed by atoms with Gasteiger partial charge in [0, 0.05) is 6.54 Å². The van der Waals surface area contributed by atoms with Crippen LogP contribution in [-0.4, -0.2) is 30.6 Å². The van der Waals surface area contributed by atoms with Gasteiger partial charge in [0.15, 0.2) is 0 Å². The van der Waals surface area contributed by atoms with Gasteiger partial charge in [-0.15, -0.1) is 0 Å². The maximum Gasteiger partial charge on any atom is 0.328 e. The van der Waals surface area contributed by atoms with Crippen molar-refractivity contribution in [2.75, 3.05) is 18.6 Å². The van der Waals surface area contributed by atoms with Gasteiger partial charge in [0.05, 0.1) is 23.1 Å². The third kappa shape index (κ3) is 2.53. The van der Waals surface area contributed by atoms with E-state index in [1.165, 1.54) is 18.1 Å². The zero-order valence-corrected chi connectivity index (χ0v) is 11.4. The molecular formula is C12H12ClFN2O4. The van der Waals surface area contributed by atoms with Gasteiger partial charge in [0.25, 0.3) is 5.69 Å². The number of ether oxygens (including phenoxy) is 1. The molecule has 20 heavy (non-hydrogen) atoms. The number of benzene rings is 1. The van der Waals surface area contributed by atoms with Gasteiger partial charge in [0.2, 0.25) is 0 Å². The number of methoxy groups -OCH3 is 1. The Balaban J connectivity index is 2.48. The predicted molar refractivity (Wildman–Crippen MR) is 70.4 cm³/mol. The van der Waals surface area contributed by atoms with Gasteiger partial charge in [-0.25, -0.2) is 9.18 Å². The highest BCUT2D eigenvalue weighted by Gasteiger charge is 2.35. The van der Waals surface area contributed by atoms with Gasteiger partial charge in [-0.1, -0.05) is 11.6 Å². The van der Waals surface area contributed by atoms with Gasteiger partial charge in [0.1, 0.15) is 17.5 Å². The number of carbonyl (C=O) groups is 1. The summed E-state index contributed by atoms with van der Waals surface area (Å²) < 4.78 is 18.1. The maximum atomic E-state index is 13.4. The molecule has 108 valence electrons. The van der Waals surface area contributed by atoms with Gasteiger partial charge >= 0.3 is 5.97 Å². The van der Waals surface area contributed by atoms with Crippen LogP contribution in [0.5, 0.6) is 0 Å². The summed E-state index contributed by atoms with van der Waals surface area (Å²) >= 11 is 5.69. The highest BCUT2D eigenvalue weighted by molar-refractivity contribution is 6.31. The Morgan fingerprint density at radius 2 is 2.30 bits per heavy atom. The van der Waals surface area contributed by atoms with Crippen molar-refractivity contribution in [3.8, 4) is 0 Å². The lowest BCUT2D eigenvalue weighted by Gasteiger charge is -2.24. The van der Waals surface area contributed by atoms with Crippen molar-refractivity contribution in [2.24, 2.45) is 0 Å². The van der Waals surface area contributed by atoms with Crippen LogP contribution >= 0.6 is 11.6 Å². The molecule has 1 heterocycles. The van der Waals surface area contributed by atoms with Crippen molar-refractivity contribution in [1.82, 2.24) is 0 Å². The first-order chi connectivity index (χ1) is 9.45. The molecular weight excluding hydrogens is 291 g/mol. The molecule has 1 fully saturated rings. The van der Waals surface area contributed by atoms with E-state index in [2.05, 4.69) is 4.74 Å². The van der Waals surface area contributed by atoms with Crippen molar-refractivity contribution in [2.45, 2.75) is 18.9 Å². The molecule has 1 atom stereocenters. The molecule has 0 bridgehead atoms. The zero-order valence-electron chi connectivity index (χ0n) is 10.6. The van der Waals surface area contributed by atoms with Crippen LogP contribution in [0, 0.1) is 15.9 Å². The number of anilines is 1. The molecule has 1 aromatic carbocycles. The first-order valence-electron chi connectivity index (χ1n) is 5.93. The van der Waals surface area contributed by atoms with E-state index >= 15 is 0 Å². The van der Waals surface area contributed by atoms with Crippen LogP contribution in [0.4, 0.5) is 15.8 Å². The molecule has 0 aliphatic carbocycles. The number of hydrogen-bond acceptors (Lipinski definition) is 5. The Kier molecular flexibility index (Phi) is 4.08. The fraction of sp³-hybridized carbons (Fsp3) is 0.417. The minimum absolute atomic E-state index is 0.134. The van der Waals surface area contributed by atoms with Gasteiger partial charge in [-0.05, 0) is 18.9 Å². The minimum Gasteiger partial charge on any atom is -0.467 e. The maximum absolute atomic E-state index is 13.4. The van der Waals surface area contributed by atoms with E-state index in [0.717, 1.165) is 6.07 Å². The highest BCUT2D eigenvalue weighted by atomic mass is 35.5. The first kappa shape index (κ1) is 14.5. The van der Waals surface area contributed by atoms with Crippen LogP contribution in [-0.2, 0) is 9.53 Å². The standard InChI is InChI=1S/C12H12ClFN2O4/c1-20-12(17)9-3-2-4-15(9)10-5-7(13)8(14)6-11(10)16(18)19/h5-6,9H,2-4H2,1H3. The summed E-state index contributed by atoms with van der Waals surface area (Å²) in [6.07, 6.45) is 1.21. The van der Waals surface area contributed by atoms with Crippen LogP contribution in [0.1, 0.15) is 12.8 Å². The monoisotopic (exact) mass is 302 g/mol. The van der Waals surface area contributed by atoms with Crippen molar-refractivity contribution in [3.63, 3.8) is 0 Å². The van der Waals surface area contributed by atoms with Gasteiger partial charge < -0.3 is 9.64 Å². The predicted octanol–water partition coefficient (Wildman–Crippen LogP) is 2.53. The smallest absolute Gasteiger partial charge is 0.328 e. The molecule has 1 aromatic rings. The lowest BCUT2D eigenvalue weighted by Crippen LogP contribution is -2.37. The quantitative estimate of drug-likeness (QED) is 0.487. The van der Waals surface area contributed by atoms with E-state index in [9.17, 15) is 19.3 Å². The van der Waals surface area contributed by atoms with E-state index in [0.29, 0.717) is 19.4 Å². The number of nitro benzene ring substituents is 1. The Morgan fingerprint density at radius 1 is 1.60 bits per heavy atom. The average Bonchev–Trinajstić information content (AvgIpc) is 2.89. The Bertz CT molecular complexity index is 567. The first-order valence-corrected chi connectivity index (χ1v) is 6.31. The van der Waals surface area contributed by atoms with Gasteiger partial charge in [-0.3, -0.25) is 10.1 Å². The van der Waals surface area contributed by atoms with Crippen LogP contribution in [0.15, 0.2) is 12.1 Å². The van der Waals surface area contributed by atoms with E-state index < -0.39 is 28.4 Å². The second-order valence-corrected chi connectivity index (χ2v) is 4.79. The molecule has 0 amide bonds. The Morgan fingerprint density at radius 3 is 2.90 bits per heavy atom. The zero-order chi connectivity index (χ0) is 14.9. The normalized spacial score (nSPS) is 18.1. The van der Waals surface area contributed by atoms with Crippen molar-refractivity contribution in [1.29, 1.82) is 0 Å². The second kappa shape index (κ2) is 5.62. The molecule has 2 rings (SSSR count). The number of nitrogens with zero attached hydrogens (tertiary/aromatic N) is 2. The number of esters is 1. The lowest BCUT2D eigenvalue weighted by molar-refractivity contribution is -0.384. The number of nitro groups is 1. The Labute approximate surface area is 119 Å². The molecule has 1 aliphatic rings. The molecule has 1 saturated heterocycles. The lowest BCUT2D eigenvalue weighted by atomic mass is 10.2. The molecule has 0 saturated carbocycles. The average molecular weight is 303 g/mol. The van der Waals surface area contributed by atoms with Crippen molar-refractivity contribution < 1.29 is 18.8 Å². The van der Waals surface area contributed by atoms with E-state index in [-0.39, 0.29) is 10.7 Å². The molecule has 0 radical (unpaired) electrons. The third-order valence-corrected chi connectivity index (χ3v) is 3.54. The third-order valence-electron chi connectivity index (χ3n) is 3.25. The van der Waals surface area contributed by atoms with Crippen LogP contribution in [0.25, 0.3) is 0 Å². The summed E-state index contributed by atoms with van der Waals surface area (Å²) in [7, 11) is 1.25. The van der Waals surface area contributed by atoms with Crippen molar-refractivity contribution in [3.05, 3.63) is 33.1 Å². The molecule has 0 aromatic heterocycles. The summed E-state index contributed by atoms with van der Waals surface area (Å²) in [4.78, 5) is 23.6. The largest absolute Gasteiger partial charge is 0.467 e.